The highest BCUT2D eigenvalue weighted by atomic mass is 35.5. The molecule has 2 rings (SSSR count). The van der Waals surface area contributed by atoms with Crippen LogP contribution in [0, 0.1) is 20.8 Å². The fourth-order valence-electron chi connectivity index (χ4n) is 2.58. The number of nitrogens with one attached hydrogen (secondary N) is 1. The second-order valence-electron chi connectivity index (χ2n) is 6.56. The zero-order chi connectivity index (χ0) is 20.0. The minimum Gasteiger partial charge on any atom is -0.481 e. The number of thioether (sulfide) groups is 1. The van der Waals surface area contributed by atoms with Crippen molar-refractivity contribution in [2.24, 2.45) is 0 Å². The van der Waals surface area contributed by atoms with Crippen molar-refractivity contribution in [1.82, 2.24) is 5.32 Å². The quantitative estimate of drug-likeness (QED) is 0.548. The number of rotatable bonds is 8. The molecule has 0 spiro atoms. The number of carbonyl (C=O) groups excluding carboxylic acids is 1. The number of aryl methyl sites for hydroxylation is 2. The van der Waals surface area contributed by atoms with Crippen LogP contribution in [-0.2, 0) is 10.5 Å². The number of hydrogen-bond acceptors (Lipinski definition) is 3. The maximum absolute atomic E-state index is 12.3. The van der Waals surface area contributed by atoms with Gasteiger partial charge in [0, 0.05) is 18.1 Å². The van der Waals surface area contributed by atoms with E-state index in [0.29, 0.717) is 16.6 Å². The molecule has 2 aromatic rings. The van der Waals surface area contributed by atoms with Crippen molar-refractivity contribution < 1.29 is 9.53 Å². The van der Waals surface area contributed by atoms with Crippen molar-refractivity contribution in [1.29, 1.82) is 0 Å². The van der Waals surface area contributed by atoms with E-state index < -0.39 is 6.10 Å². The van der Waals surface area contributed by atoms with Gasteiger partial charge in [0.15, 0.2) is 6.10 Å². The molecule has 0 aliphatic heterocycles. The third kappa shape index (κ3) is 6.63. The van der Waals surface area contributed by atoms with Crippen LogP contribution in [0.4, 0.5) is 0 Å². The van der Waals surface area contributed by atoms with E-state index in [1.54, 1.807) is 24.8 Å². The summed E-state index contributed by atoms with van der Waals surface area (Å²) in [6.07, 6.45) is -0.537. The number of halogens is 2. The van der Waals surface area contributed by atoms with Crippen LogP contribution in [0.15, 0.2) is 30.3 Å². The Morgan fingerprint density at radius 1 is 1.15 bits per heavy atom. The molecule has 1 N–H and O–H groups in total. The molecule has 146 valence electrons. The first-order valence-corrected chi connectivity index (χ1v) is 10.7. The third-order valence-corrected chi connectivity index (χ3v) is 6.00. The summed E-state index contributed by atoms with van der Waals surface area (Å²) < 4.78 is 5.87. The van der Waals surface area contributed by atoms with Crippen molar-refractivity contribution in [3.63, 3.8) is 0 Å². The lowest BCUT2D eigenvalue weighted by Gasteiger charge is -2.18. The normalized spacial score (nSPS) is 11.9. The van der Waals surface area contributed by atoms with Crippen molar-refractivity contribution >= 4 is 40.9 Å². The van der Waals surface area contributed by atoms with Crippen molar-refractivity contribution in [2.75, 3.05) is 12.3 Å². The van der Waals surface area contributed by atoms with Gasteiger partial charge in [-0.2, -0.15) is 11.8 Å². The van der Waals surface area contributed by atoms with Crippen LogP contribution in [0.2, 0.25) is 10.0 Å². The summed E-state index contributed by atoms with van der Waals surface area (Å²) in [4.78, 5) is 12.3. The van der Waals surface area contributed by atoms with Crippen molar-refractivity contribution in [3.8, 4) is 5.75 Å². The minimum absolute atomic E-state index is 0.108. The molecule has 3 nitrogen and oxygen atoms in total. The molecular weight excluding hydrogens is 401 g/mol. The summed E-state index contributed by atoms with van der Waals surface area (Å²) in [6.45, 7) is 8.44. The van der Waals surface area contributed by atoms with Crippen LogP contribution < -0.4 is 10.1 Å². The Labute approximate surface area is 175 Å². The second kappa shape index (κ2) is 10.3. The fraction of sp³-hybridized carbons (Fsp3) is 0.381. The van der Waals surface area contributed by atoms with E-state index in [-0.39, 0.29) is 5.91 Å². The molecule has 0 radical (unpaired) electrons. The summed E-state index contributed by atoms with van der Waals surface area (Å²) in [6, 6.07) is 9.71. The molecule has 2 aromatic carbocycles. The monoisotopic (exact) mass is 425 g/mol. The van der Waals surface area contributed by atoms with Crippen LogP contribution in [0.25, 0.3) is 0 Å². The molecule has 6 heteroatoms. The number of carbonyl (C=O) groups is 1. The molecule has 1 atom stereocenters. The molecule has 0 aliphatic rings. The van der Waals surface area contributed by atoms with Gasteiger partial charge in [0.05, 0.1) is 10.0 Å². The van der Waals surface area contributed by atoms with E-state index in [4.69, 9.17) is 27.9 Å². The minimum atomic E-state index is -0.537. The molecule has 0 fully saturated rings. The van der Waals surface area contributed by atoms with Crippen LogP contribution in [0.3, 0.4) is 0 Å². The molecule has 0 aromatic heterocycles. The Bertz CT molecular complexity index is 811. The Hall–Kier alpha value is -1.36. The first-order chi connectivity index (χ1) is 12.8. The van der Waals surface area contributed by atoms with Crippen molar-refractivity contribution in [3.05, 3.63) is 62.6 Å². The standard InChI is InChI=1S/C21H25Cl2NO2S/c1-13-9-14(2)15(3)20(10-13)26-16(4)21(25)24-7-8-27-12-17-5-6-18(22)19(23)11-17/h5-6,9-11,16H,7-8,12H2,1-4H3,(H,24,25)/t16-/m0/s1. The van der Waals surface area contributed by atoms with Gasteiger partial charge in [0.25, 0.3) is 5.91 Å². The lowest BCUT2D eigenvalue weighted by molar-refractivity contribution is -0.127. The highest BCUT2D eigenvalue weighted by Crippen LogP contribution is 2.25. The highest BCUT2D eigenvalue weighted by Gasteiger charge is 2.16. The molecule has 0 aliphatic carbocycles. The summed E-state index contributed by atoms with van der Waals surface area (Å²) in [5, 5.41) is 4.05. The maximum Gasteiger partial charge on any atom is 0.260 e. The Balaban J connectivity index is 1.74. The summed E-state index contributed by atoms with van der Waals surface area (Å²) in [5.41, 5.74) is 4.47. The highest BCUT2D eigenvalue weighted by molar-refractivity contribution is 7.98. The Morgan fingerprint density at radius 3 is 2.59 bits per heavy atom. The first kappa shape index (κ1) is 21.9. The molecular formula is C21H25Cl2NO2S. The van der Waals surface area contributed by atoms with E-state index >= 15 is 0 Å². The van der Waals surface area contributed by atoms with Gasteiger partial charge >= 0.3 is 0 Å². The van der Waals surface area contributed by atoms with Gasteiger partial charge in [0.1, 0.15) is 5.75 Å². The molecule has 1 amide bonds. The first-order valence-electron chi connectivity index (χ1n) is 8.82. The Morgan fingerprint density at radius 2 is 1.89 bits per heavy atom. The summed E-state index contributed by atoms with van der Waals surface area (Å²) in [5.74, 6) is 2.29. The molecule has 0 bridgehead atoms. The maximum atomic E-state index is 12.3. The summed E-state index contributed by atoms with van der Waals surface area (Å²) >= 11 is 13.7. The molecule has 0 heterocycles. The Kier molecular flexibility index (Phi) is 8.33. The van der Waals surface area contributed by atoms with Gasteiger partial charge in [-0.3, -0.25) is 4.79 Å². The van der Waals surface area contributed by atoms with Gasteiger partial charge in [-0.25, -0.2) is 0 Å². The molecule has 27 heavy (non-hydrogen) atoms. The van der Waals surface area contributed by atoms with E-state index in [1.165, 1.54) is 0 Å². The predicted octanol–water partition coefficient (Wildman–Crippen LogP) is 5.74. The van der Waals surface area contributed by atoms with E-state index in [1.807, 2.05) is 39.0 Å². The third-order valence-electron chi connectivity index (χ3n) is 4.24. The largest absolute Gasteiger partial charge is 0.481 e. The van der Waals surface area contributed by atoms with Gasteiger partial charge in [-0.05, 0) is 68.1 Å². The van der Waals surface area contributed by atoms with Crippen molar-refractivity contribution in [2.45, 2.75) is 39.6 Å². The van der Waals surface area contributed by atoms with Gasteiger partial charge in [-0.15, -0.1) is 0 Å². The summed E-state index contributed by atoms with van der Waals surface area (Å²) in [7, 11) is 0. The lowest BCUT2D eigenvalue weighted by Crippen LogP contribution is -2.37. The SMILES string of the molecule is Cc1cc(C)c(C)c(O[C@@H](C)C(=O)NCCSCc2ccc(Cl)c(Cl)c2)c1. The van der Waals surface area contributed by atoms with Gasteiger partial charge < -0.3 is 10.1 Å². The lowest BCUT2D eigenvalue weighted by atomic mass is 10.1. The van der Waals surface area contributed by atoms with Crippen LogP contribution in [-0.4, -0.2) is 24.3 Å². The smallest absolute Gasteiger partial charge is 0.260 e. The average molecular weight is 426 g/mol. The second-order valence-corrected chi connectivity index (χ2v) is 8.48. The van der Waals surface area contributed by atoms with Gasteiger partial charge in [0.2, 0.25) is 0 Å². The fourth-order valence-corrected chi connectivity index (χ4v) is 3.70. The number of ether oxygens (including phenoxy) is 1. The van der Waals surface area contributed by atoms with Crippen LogP contribution in [0.1, 0.15) is 29.2 Å². The van der Waals surface area contributed by atoms with Gasteiger partial charge in [-0.1, -0.05) is 35.3 Å². The topological polar surface area (TPSA) is 38.3 Å². The predicted molar refractivity (Wildman–Crippen MR) is 116 cm³/mol. The average Bonchev–Trinajstić information content (AvgIpc) is 2.61. The van der Waals surface area contributed by atoms with E-state index in [2.05, 4.69) is 11.4 Å². The van der Waals surface area contributed by atoms with Crippen LogP contribution in [0.5, 0.6) is 5.75 Å². The number of hydrogen-bond donors (Lipinski definition) is 1. The number of benzene rings is 2. The molecule has 0 saturated heterocycles. The van der Waals surface area contributed by atoms with Crippen LogP contribution >= 0.6 is 35.0 Å². The van der Waals surface area contributed by atoms with E-state index in [9.17, 15) is 4.79 Å². The molecule has 0 unspecified atom stereocenters. The zero-order valence-electron chi connectivity index (χ0n) is 16.1. The zero-order valence-corrected chi connectivity index (χ0v) is 18.4. The number of amides is 1. The van der Waals surface area contributed by atoms with E-state index in [0.717, 1.165) is 39.5 Å². The molecule has 0 saturated carbocycles.